The average molecular weight is 280 g/mol. The largest absolute Gasteiger partial charge is 0.477 e. The molecule has 0 aromatic carbocycles. The van der Waals surface area contributed by atoms with Gasteiger partial charge in [-0.3, -0.25) is 0 Å². The number of nitrogens with one attached hydrogen (secondary N) is 1. The molecule has 1 aliphatic heterocycles. The number of aromatic nitrogens is 2. The highest BCUT2D eigenvalue weighted by atomic mass is 16.5. The summed E-state index contributed by atoms with van der Waals surface area (Å²) in [7, 11) is 0. The van der Waals surface area contributed by atoms with E-state index in [1.54, 1.807) is 0 Å². The highest BCUT2D eigenvalue weighted by Crippen LogP contribution is 2.25. The van der Waals surface area contributed by atoms with Crippen LogP contribution in [0.2, 0.25) is 0 Å². The summed E-state index contributed by atoms with van der Waals surface area (Å²) in [5, 5.41) is 0. The lowest BCUT2D eigenvalue weighted by atomic mass is 10.0. The van der Waals surface area contributed by atoms with Crippen molar-refractivity contribution in [3.63, 3.8) is 0 Å². The number of ether oxygens (including phenoxy) is 2. The molecule has 2 rings (SSSR count). The Kier molecular flexibility index (Phi) is 5.14. The second-order valence-corrected chi connectivity index (χ2v) is 5.53. The lowest BCUT2D eigenvalue weighted by molar-refractivity contribution is 0.0488. The van der Waals surface area contributed by atoms with E-state index in [1.807, 2.05) is 20.8 Å². The van der Waals surface area contributed by atoms with E-state index in [0.717, 1.165) is 37.4 Å². The first-order chi connectivity index (χ1) is 9.61. The molecule has 0 aliphatic carbocycles. The molecule has 0 saturated carbocycles. The SMILES string of the molecule is Cc1c(NN)nc(C(C)C)nc1OCC1CCOCC1. The topological polar surface area (TPSA) is 82.3 Å². The smallest absolute Gasteiger partial charge is 0.221 e. The summed E-state index contributed by atoms with van der Waals surface area (Å²) in [6.07, 6.45) is 2.09. The van der Waals surface area contributed by atoms with E-state index in [0.29, 0.717) is 24.2 Å². The minimum absolute atomic E-state index is 0.230. The van der Waals surface area contributed by atoms with Crippen LogP contribution in [0.5, 0.6) is 5.88 Å². The molecule has 0 bridgehead atoms. The second-order valence-electron chi connectivity index (χ2n) is 5.53. The van der Waals surface area contributed by atoms with Crippen molar-refractivity contribution in [1.82, 2.24) is 9.97 Å². The predicted molar refractivity (Wildman–Crippen MR) is 77.7 cm³/mol. The van der Waals surface area contributed by atoms with Crippen LogP contribution in [-0.2, 0) is 4.74 Å². The molecule has 0 amide bonds. The van der Waals surface area contributed by atoms with Crippen molar-refractivity contribution in [2.75, 3.05) is 25.2 Å². The van der Waals surface area contributed by atoms with Crippen LogP contribution in [0.1, 0.15) is 44.0 Å². The second kappa shape index (κ2) is 6.85. The Morgan fingerprint density at radius 2 is 2.05 bits per heavy atom. The van der Waals surface area contributed by atoms with Crippen LogP contribution in [-0.4, -0.2) is 29.8 Å². The van der Waals surface area contributed by atoms with Gasteiger partial charge in [0.15, 0.2) is 0 Å². The molecular weight excluding hydrogens is 256 g/mol. The molecule has 1 saturated heterocycles. The van der Waals surface area contributed by atoms with Crippen LogP contribution in [0, 0.1) is 12.8 Å². The molecule has 1 aliphatic rings. The fraction of sp³-hybridized carbons (Fsp3) is 0.714. The van der Waals surface area contributed by atoms with Crippen LogP contribution in [0.3, 0.4) is 0 Å². The Balaban J connectivity index is 2.10. The lowest BCUT2D eigenvalue weighted by Crippen LogP contribution is -2.22. The fourth-order valence-electron chi connectivity index (χ4n) is 2.16. The molecule has 20 heavy (non-hydrogen) atoms. The number of hydrogen-bond donors (Lipinski definition) is 2. The van der Waals surface area contributed by atoms with E-state index >= 15 is 0 Å². The Morgan fingerprint density at radius 3 is 2.65 bits per heavy atom. The van der Waals surface area contributed by atoms with Gasteiger partial charge in [0.2, 0.25) is 5.88 Å². The summed E-state index contributed by atoms with van der Waals surface area (Å²) in [4.78, 5) is 8.90. The molecule has 2 heterocycles. The average Bonchev–Trinajstić information content (AvgIpc) is 2.47. The molecule has 6 heteroatoms. The minimum atomic E-state index is 0.230. The third kappa shape index (κ3) is 3.58. The van der Waals surface area contributed by atoms with Gasteiger partial charge in [0.05, 0.1) is 12.2 Å². The molecule has 1 aromatic rings. The quantitative estimate of drug-likeness (QED) is 0.634. The number of nitrogen functional groups attached to an aromatic ring is 1. The summed E-state index contributed by atoms with van der Waals surface area (Å²) < 4.78 is 11.3. The van der Waals surface area contributed by atoms with Crippen molar-refractivity contribution in [3.8, 4) is 5.88 Å². The molecule has 0 radical (unpaired) electrons. The number of anilines is 1. The van der Waals surface area contributed by atoms with Gasteiger partial charge in [0.25, 0.3) is 0 Å². The zero-order valence-corrected chi connectivity index (χ0v) is 12.5. The van der Waals surface area contributed by atoms with Gasteiger partial charge in [-0.15, -0.1) is 0 Å². The summed E-state index contributed by atoms with van der Waals surface area (Å²) in [5.41, 5.74) is 3.47. The Morgan fingerprint density at radius 1 is 1.35 bits per heavy atom. The molecule has 0 unspecified atom stereocenters. The van der Waals surface area contributed by atoms with Gasteiger partial charge in [-0.1, -0.05) is 13.8 Å². The first-order valence-corrected chi connectivity index (χ1v) is 7.17. The monoisotopic (exact) mass is 280 g/mol. The van der Waals surface area contributed by atoms with Crippen LogP contribution < -0.4 is 16.0 Å². The van der Waals surface area contributed by atoms with E-state index in [2.05, 4.69) is 15.4 Å². The summed E-state index contributed by atoms with van der Waals surface area (Å²) >= 11 is 0. The zero-order valence-electron chi connectivity index (χ0n) is 12.5. The Labute approximate surface area is 120 Å². The van der Waals surface area contributed by atoms with Crippen molar-refractivity contribution in [2.45, 2.75) is 39.5 Å². The van der Waals surface area contributed by atoms with E-state index in [4.69, 9.17) is 15.3 Å². The molecule has 6 nitrogen and oxygen atoms in total. The number of nitrogens with zero attached hydrogens (tertiary/aromatic N) is 2. The molecule has 1 fully saturated rings. The van der Waals surface area contributed by atoms with Crippen molar-refractivity contribution in [2.24, 2.45) is 11.8 Å². The maximum absolute atomic E-state index is 5.91. The summed E-state index contributed by atoms with van der Waals surface area (Å²) in [5.74, 6) is 8.28. The highest BCUT2D eigenvalue weighted by Gasteiger charge is 2.18. The van der Waals surface area contributed by atoms with Crippen molar-refractivity contribution < 1.29 is 9.47 Å². The normalized spacial score (nSPS) is 16.4. The van der Waals surface area contributed by atoms with Gasteiger partial charge in [-0.25, -0.2) is 10.8 Å². The number of hydrogen-bond acceptors (Lipinski definition) is 6. The number of hydrazine groups is 1. The third-order valence-corrected chi connectivity index (χ3v) is 3.57. The van der Waals surface area contributed by atoms with Gasteiger partial charge < -0.3 is 14.9 Å². The van der Waals surface area contributed by atoms with Crippen LogP contribution >= 0.6 is 0 Å². The first-order valence-electron chi connectivity index (χ1n) is 7.17. The zero-order chi connectivity index (χ0) is 14.5. The molecule has 0 spiro atoms. The molecule has 0 atom stereocenters. The van der Waals surface area contributed by atoms with Crippen molar-refractivity contribution in [3.05, 3.63) is 11.4 Å². The van der Waals surface area contributed by atoms with Crippen molar-refractivity contribution >= 4 is 5.82 Å². The lowest BCUT2D eigenvalue weighted by Gasteiger charge is -2.22. The van der Waals surface area contributed by atoms with Crippen LogP contribution in [0.25, 0.3) is 0 Å². The Hall–Kier alpha value is -1.40. The van der Waals surface area contributed by atoms with Gasteiger partial charge in [-0.05, 0) is 25.7 Å². The Bertz CT molecular complexity index is 445. The molecule has 3 N–H and O–H groups in total. The molecule has 1 aromatic heterocycles. The number of nitrogens with two attached hydrogens (primary N) is 1. The highest BCUT2D eigenvalue weighted by molar-refractivity contribution is 5.47. The maximum atomic E-state index is 5.91. The number of rotatable bonds is 5. The van der Waals surface area contributed by atoms with E-state index in [9.17, 15) is 0 Å². The first kappa shape index (κ1) is 15.0. The molecule has 112 valence electrons. The van der Waals surface area contributed by atoms with E-state index < -0.39 is 0 Å². The fourth-order valence-corrected chi connectivity index (χ4v) is 2.16. The standard InChI is InChI=1S/C14H24N4O2/c1-9(2)12-16-13(18-15)10(3)14(17-12)20-8-11-4-6-19-7-5-11/h9,11H,4-8,15H2,1-3H3,(H,16,17,18). The minimum Gasteiger partial charge on any atom is -0.477 e. The molecular formula is C14H24N4O2. The van der Waals surface area contributed by atoms with Gasteiger partial charge in [-0.2, -0.15) is 4.98 Å². The van der Waals surface area contributed by atoms with Gasteiger partial charge in [0, 0.05) is 19.1 Å². The summed E-state index contributed by atoms with van der Waals surface area (Å²) in [6, 6.07) is 0. The maximum Gasteiger partial charge on any atom is 0.221 e. The van der Waals surface area contributed by atoms with Crippen LogP contribution in [0.4, 0.5) is 5.82 Å². The van der Waals surface area contributed by atoms with E-state index in [-0.39, 0.29) is 5.92 Å². The third-order valence-electron chi connectivity index (χ3n) is 3.57. The van der Waals surface area contributed by atoms with E-state index in [1.165, 1.54) is 0 Å². The van der Waals surface area contributed by atoms with Gasteiger partial charge in [0.1, 0.15) is 11.6 Å². The summed E-state index contributed by atoms with van der Waals surface area (Å²) in [6.45, 7) is 8.33. The predicted octanol–water partition coefficient (Wildman–Crippen LogP) is 2.00. The van der Waals surface area contributed by atoms with Gasteiger partial charge >= 0.3 is 0 Å². The van der Waals surface area contributed by atoms with Crippen molar-refractivity contribution in [1.29, 1.82) is 0 Å². The van der Waals surface area contributed by atoms with Crippen LogP contribution in [0.15, 0.2) is 0 Å².